The van der Waals surface area contributed by atoms with Crippen LogP contribution in [0.1, 0.15) is 19.4 Å². The first-order chi connectivity index (χ1) is 12.5. The zero-order chi connectivity index (χ0) is 18.9. The Morgan fingerprint density at radius 2 is 1.73 bits per heavy atom. The Balaban J connectivity index is 2.16. The number of nitrogens with one attached hydrogen (secondary N) is 2. The smallest absolute Gasteiger partial charge is 0.319 e. The summed E-state index contributed by atoms with van der Waals surface area (Å²) in [5, 5.41) is 16.6. The number of nitrogens with zero attached hydrogens (tertiary/aromatic N) is 1. The van der Waals surface area contributed by atoms with E-state index < -0.39 is 11.0 Å². The first-order valence-electron chi connectivity index (χ1n) is 8.22. The summed E-state index contributed by atoms with van der Waals surface area (Å²) < 4.78 is 10.8. The van der Waals surface area contributed by atoms with Crippen molar-refractivity contribution in [3.63, 3.8) is 0 Å². The van der Waals surface area contributed by atoms with Gasteiger partial charge in [-0.2, -0.15) is 0 Å². The van der Waals surface area contributed by atoms with E-state index in [1.54, 1.807) is 26.0 Å². The van der Waals surface area contributed by atoms with E-state index in [-0.39, 0.29) is 24.6 Å². The van der Waals surface area contributed by atoms with Crippen molar-refractivity contribution in [2.75, 3.05) is 18.5 Å². The molecule has 138 valence electrons. The van der Waals surface area contributed by atoms with Gasteiger partial charge < -0.3 is 20.1 Å². The lowest BCUT2D eigenvalue weighted by molar-refractivity contribution is -0.385. The largest absolute Gasteiger partial charge is 0.493 e. The fourth-order valence-corrected chi connectivity index (χ4v) is 2.31. The third kappa shape index (κ3) is 5.10. The average Bonchev–Trinajstić information content (AvgIpc) is 2.62. The number of urea groups is 1. The van der Waals surface area contributed by atoms with Gasteiger partial charge in [0, 0.05) is 17.8 Å². The van der Waals surface area contributed by atoms with E-state index in [1.807, 2.05) is 18.2 Å². The molecule has 2 aromatic rings. The van der Waals surface area contributed by atoms with Crippen LogP contribution in [0.25, 0.3) is 0 Å². The van der Waals surface area contributed by atoms with Crippen molar-refractivity contribution in [2.24, 2.45) is 0 Å². The van der Waals surface area contributed by atoms with Gasteiger partial charge in [0.2, 0.25) is 0 Å². The minimum Gasteiger partial charge on any atom is -0.493 e. The molecule has 0 saturated heterocycles. The van der Waals surface area contributed by atoms with E-state index in [2.05, 4.69) is 10.6 Å². The second-order valence-electron chi connectivity index (χ2n) is 5.22. The summed E-state index contributed by atoms with van der Waals surface area (Å²) in [4.78, 5) is 22.7. The maximum atomic E-state index is 12.0. The second kappa shape index (κ2) is 9.26. The third-order valence-electron chi connectivity index (χ3n) is 3.41. The third-order valence-corrected chi connectivity index (χ3v) is 3.41. The number of para-hydroxylation sites is 1. The van der Waals surface area contributed by atoms with E-state index in [0.29, 0.717) is 23.6 Å². The topological polar surface area (TPSA) is 103 Å². The standard InChI is InChI=1S/C18H21N3O5/c1-3-25-16-11-15(21(23)24)17(26-4-2)10-13(16)12-19-18(22)20-14-8-6-5-7-9-14/h5-11H,3-4,12H2,1-2H3,(H2,19,20,22). The maximum absolute atomic E-state index is 12.0. The van der Waals surface area contributed by atoms with Crippen LogP contribution in [0.4, 0.5) is 16.2 Å². The van der Waals surface area contributed by atoms with Crippen LogP contribution in [0.3, 0.4) is 0 Å². The Labute approximate surface area is 151 Å². The highest BCUT2D eigenvalue weighted by molar-refractivity contribution is 5.89. The molecule has 0 atom stereocenters. The van der Waals surface area contributed by atoms with Crippen LogP contribution in [0.5, 0.6) is 11.5 Å². The van der Waals surface area contributed by atoms with E-state index in [9.17, 15) is 14.9 Å². The van der Waals surface area contributed by atoms with Crippen molar-refractivity contribution in [1.29, 1.82) is 0 Å². The van der Waals surface area contributed by atoms with Crippen LogP contribution in [0.15, 0.2) is 42.5 Å². The summed E-state index contributed by atoms with van der Waals surface area (Å²) >= 11 is 0. The number of hydrogen-bond acceptors (Lipinski definition) is 5. The molecular weight excluding hydrogens is 338 g/mol. The monoisotopic (exact) mass is 359 g/mol. The van der Waals surface area contributed by atoms with Crippen LogP contribution < -0.4 is 20.1 Å². The average molecular weight is 359 g/mol. The van der Waals surface area contributed by atoms with E-state index in [1.165, 1.54) is 12.1 Å². The van der Waals surface area contributed by atoms with E-state index >= 15 is 0 Å². The van der Waals surface area contributed by atoms with Crippen molar-refractivity contribution < 1.29 is 19.2 Å². The molecule has 8 nitrogen and oxygen atoms in total. The molecule has 2 amide bonds. The number of hydrogen-bond donors (Lipinski definition) is 2. The number of nitro groups is 1. The number of carbonyl (C=O) groups is 1. The van der Waals surface area contributed by atoms with Crippen molar-refractivity contribution in [2.45, 2.75) is 20.4 Å². The first kappa shape index (κ1) is 19.0. The summed E-state index contributed by atoms with van der Waals surface area (Å²) in [6, 6.07) is 11.5. The van der Waals surface area contributed by atoms with Crippen LogP contribution in [-0.2, 0) is 6.54 Å². The molecule has 2 N–H and O–H groups in total. The lowest BCUT2D eigenvalue weighted by atomic mass is 10.1. The Morgan fingerprint density at radius 1 is 1.08 bits per heavy atom. The highest BCUT2D eigenvalue weighted by Gasteiger charge is 2.20. The minimum absolute atomic E-state index is 0.131. The van der Waals surface area contributed by atoms with Crippen LogP contribution in [0, 0.1) is 10.1 Å². The molecule has 0 aromatic heterocycles. The van der Waals surface area contributed by atoms with Crippen LogP contribution in [0.2, 0.25) is 0 Å². The second-order valence-corrected chi connectivity index (χ2v) is 5.22. The van der Waals surface area contributed by atoms with Crippen LogP contribution in [-0.4, -0.2) is 24.2 Å². The molecule has 0 unspecified atom stereocenters. The van der Waals surface area contributed by atoms with E-state index in [0.717, 1.165) is 0 Å². The SMILES string of the molecule is CCOc1cc([N+](=O)[O-])c(OCC)cc1CNC(=O)Nc1ccccc1. The molecule has 2 aromatic carbocycles. The van der Waals surface area contributed by atoms with E-state index in [4.69, 9.17) is 9.47 Å². The summed E-state index contributed by atoms with van der Waals surface area (Å²) in [5.41, 5.74) is 1.07. The van der Waals surface area contributed by atoms with Gasteiger partial charge in [-0.25, -0.2) is 4.79 Å². The first-order valence-corrected chi connectivity index (χ1v) is 8.22. The van der Waals surface area contributed by atoms with Gasteiger partial charge >= 0.3 is 11.7 Å². The summed E-state index contributed by atoms with van der Waals surface area (Å²) in [6.07, 6.45) is 0. The van der Waals surface area contributed by atoms with Crippen molar-refractivity contribution >= 4 is 17.4 Å². The van der Waals surface area contributed by atoms with Crippen molar-refractivity contribution in [1.82, 2.24) is 5.32 Å². The number of nitro benzene ring substituents is 1. The number of ether oxygens (including phenoxy) is 2. The predicted molar refractivity (Wildman–Crippen MR) is 97.7 cm³/mol. The molecule has 0 heterocycles. The van der Waals surface area contributed by atoms with Gasteiger partial charge in [-0.15, -0.1) is 0 Å². The zero-order valence-electron chi connectivity index (χ0n) is 14.7. The molecule has 0 aliphatic heterocycles. The van der Waals surface area contributed by atoms with Gasteiger partial charge in [0.25, 0.3) is 0 Å². The van der Waals surface area contributed by atoms with Gasteiger partial charge in [-0.1, -0.05) is 18.2 Å². The molecule has 8 heteroatoms. The molecular formula is C18H21N3O5. The normalized spacial score (nSPS) is 10.1. The van der Waals surface area contributed by atoms with Crippen molar-refractivity contribution in [3.8, 4) is 11.5 Å². The van der Waals surface area contributed by atoms with Gasteiger partial charge in [0.05, 0.1) is 24.2 Å². The minimum atomic E-state index is -0.521. The molecule has 0 fully saturated rings. The number of benzene rings is 2. The molecule has 0 aliphatic rings. The van der Waals surface area contributed by atoms with Gasteiger partial charge in [0.15, 0.2) is 5.75 Å². The molecule has 0 radical (unpaired) electrons. The van der Waals surface area contributed by atoms with Gasteiger partial charge in [-0.3, -0.25) is 10.1 Å². The molecule has 0 spiro atoms. The zero-order valence-corrected chi connectivity index (χ0v) is 14.7. The number of rotatable bonds is 8. The Morgan fingerprint density at radius 3 is 2.35 bits per heavy atom. The fraction of sp³-hybridized carbons (Fsp3) is 0.278. The molecule has 0 aliphatic carbocycles. The van der Waals surface area contributed by atoms with Gasteiger partial charge in [-0.05, 0) is 32.0 Å². The molecule has 0 bridgehead atoms. The number of carbonyl (C=O) groups excluding carboxylic acids is 1. The van der Waals surface area contributed by atoms with Crippen LogP contribution >= 0.6 is 0 Å². The summed E-state index contributed by atoms with van der Waals surface area (Å²) in [6.45, 7) is 4.28. The lowest BCUT2D eigenvalue weighted by Crippen LogP contribution is -2.28. The highest BCUT2D eigenvalue weighted by Crippen LogP contribution is 2.34. The summed E-state index contributed by atoms with van der Waals surface area (Å²) in [7, 11) is 0. The predicted octanol–water partition coefficient (Wildman–Crippen LogP) is 3.71. The number of amides is 2. The molecule has 0 saturated carbocycles. The molecule has 2 rings (SSSR count). The highest BCUT2D eigenvalue weighted by atomic mass is 16.6. The maximum Gasteiger partial charge on any atom is 0.319 e. The lowest BCUT2D eigenvalue weighted by Gasteiger charge is -2.14. The number of anilines is 1. The Hall–Kier alpha value is -3.29. The summed E-state index contributed by atoms with van der Waals surface area (Å²) in [5.74, 6) is 0.476. The Kier molecular flexibility index (Phi) is 6.78. The Bertz CT molecular complexity index is 765. The van der Waals surface area contributed by atoms with Gasteiger partial charge in [0.1, 0.15) is 5.75 Å². The fourth-order valence-electron chi connectivity index (χ4n) is 2.31. The molecule has 26 heavy (non-hydrogen) atoms. The van der Waals surface area contributed by atoms with Crippen molar-refractivity contribution in [3.05, 3.63) is 58.1 Å². The quantitative estimate of drug-likeness (QED) is 0.552.